The molecular weight excluding hydrogens is 637 g/mol. The zero-order chi connectivity index (χ0) is 35.6. The highest BCUT2D eigenvalue weighted by Crippen LogP contribution is 2.21. The molecule has 0 aliphatic rings. The Balaban J connectivity index is 4.37. The van der Waals surface area contributed by atoms with Crippen molar-refractivity contribution < 1.29 is 13.3 Å². The molecule has 0 N–H and O–H groups in total. The van der Waals surface area contributed by atoms with Crippen LogP contribution in [-0.2, 0) is 13.3 Å². The number of thiol groups is 1. The van der Waals surface area contributed by atoms with E-state index < -0.39 is 8.80 Å². The Kier molecular flexibility index (Phi) is 42.5. The van der Waals surface area contributed by atoms with Crippen molar-refractivity contribution in [2.75, 3.05) is 19.0 Å². The van der Waals surface area contributed by atoms with Crippen LogP contribution in [0.4, 0.5) is 0 Å². The molecule has 0 aromatic carbocycles. The van der Waals surface area contributed by atoms with Crippen molar-refractivity contribution in [2.24, 2.45) is 0 Å². The van der Waals surface area contributed by atoms with E-state index >= 15 is 0 Å². The molecule has 0 bridgehead atoms. The van der Waals surface area contributed by atoms with E-state index in [2.05, 4.69) is 39.5 Å². The molecule has 3 nitrogen and oxygen atoms in total. The van der Waals surface area contributed by atoms with Gasteiger partial charge >= 0.3 is 8.80 Å². The Labute approximate surface area is 316 Å². The van der Waals surface area contributed by atoms with Crippen LogP contribution in [0.1, 0.15) is 245 Å². The van der Waals surface area contributed by atoms with Gasteiger partial charge in [0, 0.05) is 19.3 Å². The van der Waals surface area contributed by atoms with E-state index in [1.807, 2.05) is 6.26 Å². The number of hydrogen-bond acceptors (Lipinski definition) is 4. The first-order chi connectivity index (χ1) is 24.2. The summed E-state index contributed by atoms with van der Waals surface area (Å²) in [6.07, 6.45) is 51.6. The summed E-state index contributed by atoms with van der Waals surface area (Å²) in [5, 5.41) is 0. The summed E-state index contributed by atoms with van der Waals surface area (Å²) < 4.78 is 19.6. The molecule has 0 heterocycles. The van der Waals surface area contributed by atoms with E-state index in [9.17, 15) is 0 Å². The second-order valence-electron chi connectivity index (χ2n) is 15.1. The van der Waals surface area contributed by atoms with Crippen LogP contribution in [0, 0.1) is 0 Å². The van der Waals surface area contributed by atoms with Crippen molar-refractivity contribution in [3.63, 3.8) is 0 Å². The lowest BCUT2D eigenvalue weighted by Gasteiger charge is -2.28. The number of hydrogen-bond donors (Lipinski definition) is 1. The highest BCUT2D eigenvalue weighted by Gasteiger charge is 2.41. The monoisotopic (exact) mass is 727 g/mol. The molecule has 1 atom stereocenters. The van der Waals surface area contributed by atoms with Gasteiger partial charge in [0.2, 0.25) is 0 Å². The van der Waals surface area contributed by atoms with Gasteiger partial charge in [-0.3, -0.25) is 0 Å². The second kappa shape index (κ2) is 42.4. The number of rotatable bonds is 43. The fraction of sp³-hybridized carbons (Fsp3) is 0.955. The van der Waals surface area contributed by atoms with Gasteiger partial charge in [0.25, 0.3) is 0 Å². The van der Waals surface area contributed by atoms with Gasteiger partial charge in [0.15, 0.2) is 0 Å². The standard InChI is InChI=1S/C44H90O3SSi/c1-4-7-10-13-16-19-22-24-25-27-30-33-36-39-42-47-49(44-43-48,45-40-37-34-31-28-21-18-15-12-9-6-3)46-41-38-35-32-29-26-23-20-17-14-11-8-5-2/h37,40,48H,4-36,38-39,41-44H2,1-3H3. The fourth-order valence-electron chi connectivity index (χ4n) is 6.76. The van der Waals surface area contributed by atoms with Crippen LogP contribution in [0.5, 0.6) is 0 Å². The first-order valence-corrected chi connectivity index (χ1v) is 25.0. The maximum Gasteiger partial charge on any atom is 0.566 e. The van der Waals surface area contributed by atoms with Crippen LogP contribution >= 0.6 is 12.6 Å². The first kappa shape index (κ1) is 49.0. The SMILES string of the molecule is CCCCCCCCCCC=CO[Si](CCS)(OCCCCCCCCCCCCCC)OCCCCCCCCCCCCCCCC. The van der Waals surface area contributed by atoms with E-state index in [0.29, 0.717) is 0 Å². The summed E-state index contributed by atoms with van der Waals surface area (Å²) in [4.78, 5) is 0. The molecule has 0 saturated heterocycles. The maximum absolute atomic E-state index is 6.57. The first-order valence-electron chi connectivity index (χ1n) is 22.5. The molecule has 1 unspecified atom stereocenters. The van der Waals surface area contributed by atoms with Gasteiger partial charge in [0.05, 0.1) is 6.26 Å². The minimum absolute atomic E-state index is 0.745. The van der Waals surface area contributed by atoms with Crippen LogP contribution in [0.3, 0.4) is 0 Å². The third-order valence-electron chi connectivity index (χ3n) is 10.1. The van der Waals surface area contributed by atoms with Crippen molar-refractivity contribution in [3.8, 4) is 0 Å². The quantitative estimate of drug-likeness (QED) is 0.0293. The van der Waals surface area contributed by atoms with Gasteiger partial charge in [-0.2, -0.15) is 12.6 Å². The fourth-order valence-corrected chi connectivity index (χ4v) is 9.70. The van der Waals surface area contributed by atoms with Crippen LogP contribution in [0.2, 0.25) is 6.04 Å². The van der Waals surface area contributed by atoms with Crippen molar-refractivity contribution in [3.05, 3.63) is 12.3 Å². The molecule has 0 aromatic rings. The third kappa shape index (κ3) is 37.6. The summed E-state index contributed by atoms with van der Waals surface area (Å²) in [7, 11) is -2.76. The lowest BCUT2D eigenvalue weighted by Crippen LogP contribution is -2.45. The lowest BCUT2D eigenvalue weighted by molar-refractivity contribution is 0.0877. The zero-order valence-corrected chi connectivity index (χ0v) is 35.8. The van der Waals surface area contributed by atoms with Crippen molar-refractivity contribution in [1.29, 1.82) is 0 Å². The summed E-state index contributed by atoms with van der Waals surface area (Å²) in [6.45, 7) is 8.39. The third-order valence-corrected chi connectivity index (χ3v) is 13.4. The summed E-state index contributed by atoms with van der Waals surface area (Å²) in [5.41, 5.74) is 0. The van der Waals surface area contributed by atoms with Crippen molar-refractivity contribution in [2.45, 2.75) is 252 Å². The van der Waals surface area contributed by atoms with Crippen molar-refractivity contribution in [1.82, 2.24) is 0 Å². The van der Waals surface area contributed by atoms with Gasteiger partial charge < -0.3 is 13.3 Å². The molecule has 5 heteroatoms. The van der Waals surface area contributed by atoms with E-state index in [-0.39, 0.29) is 0 Å². The van der Waals surface area contributed by atoms with Crippen LogP contribution in [-0.4, -0.2) is 27.8 Å². The average Bonchev–Trinajstić information content (AvgIpc) is 3.11. The van der Waals surface area contributed by atoms with Gasteiger partial charge in [0.1, 0.15) is 0 Å². The normalized spacial score (nSPS) is 13.1. The minimum atomic E-state index is -2.76. The molecule has 0 rings (SSSR count). The van der Waals surface area contributed by atoms with Gasteiger partial charge in [-0.05, 0) is 31.4 Å². The molecule has 0 radical (unpaired) electrons. The average molecular weight is 727 g/mol. The highest BCUT2D eigenvalue weighted by atomic mass is 32.1. The smallest absolute Gasteiger partial charge is 0.508 e. The molecule has 0 aliphatic carbocycles. The van der Waals surface area contributed by atoms with Crippen LogP contribution in [0.25, 0.3) is 0 Å². The van der Waals surface area contributed by atoms with Crippen LogP contribution < -0.4 is 0 Å². The Morgan fingerprint density at radius 3 is 0.980 bits per heavy atom. The highest BCUT2D eigenvalue weighted by molar-refractivity contribution is 7.80. The largest absolute Gasteiger partial charge is 0.566 e. The summed E-state index contributed by atoms with van der Waals surface area (Å²) in [5.74, 6) is 0.745. The lowest BCUT2D eigenvalue weighted by atomic mass is 10.0. The summed E-state index contributed by atoms with van der Waals surface area (Å²) in [6, 6.07) is 0.787. The summed E-state index contributed by atoms with van der Waals surface area (Å²) >= 11 is 4.61. The van der Waals surface area contributed by atoms with Gasteiger partial charge in [-0.1, -0.05) is 226 Å². The predicted molar refractivity (Wildman–Crippen MR) is 225 cm³/mol. The molecular formula is C44H90O3SSi. The minimum Gasteiger partial charge on any atom is -0.508 e. The van der Waals surface area contributed by atoms with Gasteiger partial charge in [-0.25, -0.2) is 0 Å². The topological polar surface area (TPSA) is 27.7 Å². The molecule has 0 spiro atoms. The maximum atomic E-state index is 6.57. The number of allylic oxidation sites excluding steroid dienone is 1. The molecule has 0 fully saturated rings. The Hall–Kier alpha value is 0.0269. The Morgan fingerprint density at radius 1 is 0.388 bits per heavy atom. The zero-order valence-electron chi connectivity index (χ0n) is 33.9. The number of unbranched alkanes of at least 4 members (excludes halogenated alkanes) is 32. The molecule has 0 aromatic heterocycles. The molecule has 49 heavy (non-hydrogen) atoms. The van der Waals surface area contributed by atoms with E-state index in [0.717, 1.165) is 44.3 Å². The molecule has 0 aliphatic heterocycles. The van der Waals surface area contributed by atoms with Crippen LogP contribution in [0.15, 0.2) is 12.3 Å². The van der Waals surface area contributed by atoms with Crippen molar-refractivity contribution >= 4 is 21.4 Å². The Bertz CT molecular complexity index is 633. The molecule has 294 valence electrons. The Morgan fingerprint density at radius 2 is 0.673 bits per heavy atom. The second-order valence-corrected chi connectivity index (χ2v) is 18.2. The molecule has 0 saturated carbocycles. The van der Waals surface area contributed by atoms with E-state index in [1.165, 1.54) is 205 Å². The predicted octanol–water partition coefficient (Wildman–Crippen LogP) is 16.1. The van der Waals surface area contributed by atoms with Gasteiger partial charge in [-0.15, -0.1) is 0 Å². The van der Waals surface area contributed by atoms with E-state index in [1.54, 1.807) is 0 Å². The van der Waals surface area contributed by atoms with E-state index in [4.69, 9.17) is 13.3 Å². The molecule has 0 amide bonds.